The van der Waals surface area contributed by atoms with E-state index in [2.05, 4.69) is 154 Å². The molecule has 33 heavy (non-hydrogen) atoms. The highest BCUT2D eigenvalue weighted by molar-refractivity contribution is 7.75. The van der Waals surface area contributed by atoms with Crippen molar-refractivity contribution in [3.05, 3.63) is 177 Å². The summed E-state index contributed by atoms with van der Waals surface area (Å²) in [5.74, 6) is 4.96. The minimum absolute atomic E-state index is 0.659. The molecule has 0 heterocycles. The van der Waals surface area contributed by atoms with E-state index in [1.165, 1.54) is 39.2 Å². The second-order valence-corrected chi connectivity index (χ2v) is 9.93. The molecule has 3 aromatic rings. The fourth-order valence-electron chi connectivity index (χ4n) is 4.04. The number of hydrogen-bond donors (Lipinski definition) is 0. The van der Waals surface area contributed by atoms with Crippen molar-refractivity contribution in [3.63, 3.8) is 0 Å². The predicted octanol–water partition coefficient (Wildman–Crippen LogP) is 6.90. The minimum Gasteiger partial charge on any atom is -0.0622 e. The van der Waals surface area contributed by atoms with E-state index in [-0.39, 0.29) is 0 Å². The van der Waals surface area contributed by atoms with E-state index in [4.69, 9.17) is 0 Å². The molecule has 0 aliphatic heterocycles. The summed E-state index contributed by atoms with van der Waals surface area (Å²) in [4.78, 5) is 0. The van der Waals surface area contributed by atoms with Crippen molar-refractivity contribution in [2.75, 3.05) is 0 Å². The Morgan fingerprint density at radius 1 is 0.515 bits per heavy atom. The summed E-state index contributed by atoms with van der Waals surface area (Å²) in [6.45, 7) is 0. The number of allylic oxidation sites excluding steroid dienone is 3. The molecule has 0 atom stereocenters. The van der Waals surface area contributed by atoms with Crippen LogP contribution in [0.3, 0.4) is 0 Å². The van der Waals surface area contributed by atoms with Crippen LogP contribution >= 0.6 is 7.92 Å². The molecular weight excluding hydrogens is 415 g/mol. The zero-order valence-electron chi connectivity index (χ0n) is 18.4. The van der Waals surface area contributed by atoms with E-state index >= 15 is 0 Å². The van der Waals surface area contributed by atoms with E-state index in [0.29, 0.717) is 0 Å². The fourth-order valence-corrected chi connectivity index (χ4v) is 6.12. The van der Waals surface area contributed by atoms with Crippen molar-refractivity contribution < 1.29 is 0 Å². The largest absolute Gasteiger partial charge is 0.0622 e. The summed E-state index contributed by atoms with van der Waals surface area (Å²) in [6, 6.07) is 32.4. The van der Waals surface area contributed by atoms with E-state index < -0.39 is 7.92 Å². The van der Waals surface area contributed by atoms with Gasteiger partial charge in [-0.25, -0.2) is 0 Å². The average Bonchev–Trinajstić information content (AvgIpc) is 3.61. The molecule has 158 valence electrons. The van der Waals surface area contributed by atoms with Crippen molar-refractivity contribution in [2.45, 2.75) is 0 Å². The van der Waals surface area contributed by atoms with Gasteiger partial charge in [-0.15, -0.1) is 0 Å². The van der Waals surface area contributed by atoms with Crippen LogP contribution in [0.25, 0.3) is 5.57 Å². The van der Waals surface area contributed by atoms with E-state index in [1.807, 2.05) is 0 Å². The first-order valence-electron chi connectivity index (χ1n) is 11.2. The lowest BCUT2D eigenvalue weighted by Gasteiger charge is -2.21. The third-order valence-corrected chi connectivity index (χ3v) is 7.94. The molecule has 3 aromatic carbocycles. The second kappa shape index (κ2) is 11.1. The van der Waals surface area contributed by atoms with Crippen LogP contribution in [0.2, 0.25) is 0 Å². The Balaban J connectivity index is 1.63. The van der Waals surface area contributed by atoms with Crippen molar-refractivity contribution in [1.82, 2.24) is 0 Å². The van der Waals surface area contributed by atoms with Gasteiger partial charge in [0.05, 0.1) is 0 Å². The summed E-state index contributed by atoms with van der Waals surface area (Å²) < 4.78 is 0. The predicted molar refractivity (Wildman–Crippen MR) is 142 cm³/mol. The van der Waals surface area contributed by atoms with Gasteiger partial charge in [0.1, 0.15) is 0 Å². The lowest BCUT2D eigenvalue weighted by atomic mass is 9.87. The van der Waals surface area contributed by atoms with Crippen molar-refractivity contribution in [1.29, 1.82) is 0 Å². The van der Waals surface area contributed by atoms with Crippen LogP contribution < -0.4 is 10.6 Å². The topological polar surface area (TPSA) is 0 Å². The van der Waals surface area contributed by atoms with Gasteiger partial charge in [-0.1, -0.05) is 97.1 Å². The Morgan fingerprint density at radius 3 is 1.48 bits per heavy atom. The van der Waals surface area contributed by atoms with Crippen LogP contribution in [0.5, 0.6) is 0 Å². The number of rotatable bonds is 7. The molecular formula is C32H25P. The first-order chi connectivity index (χ1) is 16.4. The van der Waals surface area contributed by atoms with Crippen LogP contribution in [0.4, 0.5) is 0 Å². The van der Waals surface area contributed by atoms with Gasteiger partial charge in [-0.2, -0.15) is 0 Å². The third kappa shape index (κ3) is 5.56. The highest BCUT2D eigenvalue weighted by Crippen LogP contribution is 2.44. The molecule has 0 amide bonds. The molecule has 0 N–H and O–H groups in total. The quantitative estimate of drug-likeness (QED) is 0.277. The number of hydrogen-bond acceptors (Lipinski definition) is 0. The van der Waals surface area contributed by atoms with Crippen LogP contribution in [0.1, 0.15) is 5.56 Å². The van der Waals surface area contributed by atoms with Crippen molar-refractivity contribution >= 4 is 24.1 Å². The molecule has 2 saturated carbocycles. The third-order valence-electron chi connectivity index (χ3n) is 5.69. The van der Waals surface area contributed by atoms with Gasteiger partial charge in [-0.3, -0.25) is 0 Å². The first-order valence-corrected chi connectivity index (χ1v) is 12.6. The van der Waals surface area contributed by atoms with Gasteiger partial charge in [0.2, 0.25) is 0 Å². The SMILES string of the molecule is [CH]1[CH][CH][C](C(=C/P(c2ccccc2)c2ccccc2)/C=C(/[C]2[CH][CH][CH][CH]2)c2ccccc2)[CH]1. The molecule has 2 fully saturated rings. The summed E-state index contributed by atoms with van der Waals surface area (Å²) in [5, 5.41) is 2.71. The van der Waals surface area contributed by atoms with Crippen molar-refractivity contribution in [2.24, 2.45) is 0 Å². The van der Waals surface area contributed by atoms with Gasteiger partial charge >= 0.3 is 0 Å². The Hall–Kier alpha value is -2.43. The van der Waals surface area contributed by atoms with Crippen LogP contribution in [-0.4, -0.2) is 0 Å². The maximum absolute atomic E-state index is 2.47. The normalized spacial score (nSPS) is 18.3. The molecule has 0 nitrogen and oxygen atoms in total. The second-order valence-electron chi connectivity index (χ2n) is 7.90. The number of benzene rings is 3. The molecule has 2 aliphatic carbocycles. The first kappa shape index (κ1) is 22.4. The summed E-state index contributed by atoms with van der Waals surface area (Å²) >= 11 is 0. The smallest absolute Gasteiger partial charge is 0.0130 e. The monoisotopic (exact) mass is 440 g/mol. The minimum atomic E-state index is -0.659. The highest BCUT2D eigenvalue weighted by Gasteiger charge is 2.26. The van der Waals surface area contributed by atoms with E-state index in [9.17, 15) is 0 Å². The Bertz CT molecular complexity index is 1010. The molecule has 1 heteroatoms. The van der Waals surface area contributed by atoms with Crippen LogP contribution in [-0.2, 0) is 0 Å². The fraction of sp³-hybridized carbons (Fsp3) is 0. The maximum atomic E-state index is 2.47. The molecule has 2 aliphatic rings. The van der Waals surface area contributed by atoms with Gasteiger partial charge in [0.15, 0.2) is 0 Å². The maximum Gasteiger partial charge on any atom is 0.0130 e. The van der Waals surface area contributed by atoms with Crippen molar-refractivity contribution in [3.8, 4) is 0 Å². The Morgan fingerprint density at radius 2 is 0.970 bits per heavy atom. The molecule has 0 saturated heterocycles. The molecule has 0 spiro atoms. The van der Waals surface area contributed by atoms with E-state index in [0.717, 1.165) is 0 Å². The van der Waals surface area contributed by atoms with Crippen LogP contribution in [0.15, 0.2) is 108 Å². The van der Waals surface area contributed by atoms with Crippen LogP contribution in [0, 0.1) is 63.2 Å². The molecule has 5 rings (SSSR count). The van der Waals surface area contributed by atoms with Gasteiger partial charge in [0.25, 0.3) is 0 Å². The zero-order valence-corrected chi connectivity index (χ0v) is 19.3. The molecule has 0 aromatic heterocycles. The molecule has 10 radical (unpaired) electrons. The Kier molecular flexibility index (Phi) is 7.54. The van der Waals surface area contributed by atoms with Gasteiger partial charge in [-0.05, 0) is 92.4 Å². The summed E-state index contributed by atoms with van der Waals surface area (Å²) in [6.07, 6.45) is 19.6. The summed E-state index contributed by atoms with van der Waals surface area (Å²) in [5.41, 5.74) is 3.72. The molecule has 0 unspecified atom stereocenters. The Labute approximate surface area is 201 Å². The molecule has 0 bridgehead atoms. The lowest BCUT2D eigenvalue weighted by Crippen LogP contribution is -2.11. The van der Waals surface area contributed by atoms with Gasteiger partial charge in [0, 0.05) is 11.8 Å². The van der Waals surface area contributed by atoms with E-state index in [1.54, 1.807) is 0 Å². The van der Waals surface area contributed by atoms with Gasteiger partial charge < -0.3 is 0 Å². The highest BCUT2D eigenvalue weighted by atomic mass is 31.1. The standard InChI is InChI=1S/C32H25P/c1-4-16-27(17-5-1)32(28-18-12-13-19-28)24-29(26-14-10-11-15-26)25-33(30-20-6-2-7-21-30)31-22-8-3-9-23-31/h1-25H/b29-25+,32-24+. The lowest BCUT2D eigenvalue weighted by molar-refractivity contribution is 1.29. The summed E-state index contributed by atoms with van der Waals surface area (Å²) in [7, 11) is -0.659. The zero-order chi connectivity index (χ0) is 22.3. The average molecular weight is 441 g/mol.